The van der Waals surface area contributed by atoms with Gasteiger partial charge in [0, 0.05) is 17.1 Å². The molecule has 0 spiro atoms. The predicted octanol–water partition coefficient (Wildman–Crippen LogP) is -1.31. The predicted molar refractivity (Wildman–Crippen MR) is 24.1 cm³/mol. The van der Waals surface area contributed by atoms with Crippen LogP contribution in [0.1, 0.15) is 0 Å². The van der Waals surface area contributed by atoms with Gasteiger partial charge in [0.15, 0.2) is 5.11 Å². The van der Waals surface area contributed by atoms with Gasteiger partial charge in [-0.1, -0.05) is 0 Å². The zero-order valence-corrected chi connectivity index (χ0v) is 4.62. The Bertz CT molecular complexity index is 46.1. The SMILES string of the molecule is NNC(N)=S.[Cu]. The van der Waals surface area contributed by atoms with Crippen LogP contribution in [0.5, 0.6) is 0 Å². The van der Waals surface area contributed by atoms with Crippen LogP contribution in [0.3, 0.4) is 0 Å². The van der Waals surface area contributed by atoms with E-state index in [0.717, 1.165) is 0 Å². The van der Waals surface area contributed by atoms with Crippen LogP contribution in [0, 0.1) is 0 Å². The summed E-state index contributed by atoms with van der Waals surface area (Å²) in [5.41, 5.74) is 6.82. The fourth-order valence-corrected chi connectivity index (χ4v) is 0. The Kier molecular flexibility index (Phi) is 8.17. The first-order chi connectivity index (χ1) is 2.27. The van der Waals surface area contributed by atoms with Crippen LogP contribution in [0.2, 0.25) is 0 Å². The summed E-state index contributed by atoms with van der Waals surface area (Å²) >= 11 is 4.24. The van der Waals surface area contributed by atoms with E-state index in [2.05, 4.69) is 18.1 Å². The van der Waals surface area contributed by atoms with Gasteiger partial charge < -0.3 is 11.2 Å². The average Bonchev–Trinajstić information content (AvgIpc) is 1.38. The zero-order valence-electron chi connectivity index (χ0n) is 2.86. The maximum atomic E-state index is 4.79. The number of hydrogen-bond donors (Lipinski definition) is 3. The van der Waals surface area contributed by atoms with Crippen molar-refractivity contribution in [1.29, 1.82) is 0 Å². The third-order valence-electron chi connectivity index (χ3n) is 0.142. The normalized spacial score (nSPS) is 5.50. The van der Waals surface area contributed by atoms with Gasteiger partial charge >= 0.3 is 0 Å². The van der Waals surface area contributed by atoms with E-state index in [1.165, 1.54) is 0 Å². The molecule has 0 aromatic rings. The number of hydrogen-bond acceptors (Lipinski definition) is 2. The Labute approximate surface area is 51.9 Å². The average molecular weight is 155 g/mol. The maximum Gasteiger partial charge on any atom is 0.177 e. The first kappa shape index (κ1) is 9.48. The molecule has 0 fully saturated rings. The van der Waals surface area contributed by atoms with Crippen molar-refractivity contribution in [2.75, 3.05) is 0 Å². The monoisotopic (exact) mass is 154 g/mol. The number of rotatable bonds is 0. The summed E-state index contributed by atoms with van der Waals surface area (Å²) in [6.07, 6.45) is 0. The number of thiocarbonyl (C=S) groups is 1. The van der Waals surface area contributed by atoms with E-state index in [1.807, 2.05) is 5.43 Å². The zero-order chi connectivity index (χ0) is 4.28. The minimum Gasteiger partial charge on any atom is -0.375 e. The van der Waals surface area contributed by atoms with Gasteiger partial charge in [0.2, 0.25) is 0 Å². The second-order valence-electron chi connectivity index (χ2n) is 0.509. The molecule has 0 aliphatic heterocycles. The van der Waals surface area contributed by atoms with E-state index in [9.17, 15) is 0 Å². The minimum absolute atomic E-state index is 0. The van der Waals surface area contributed by atoms with E-state index < -0.39 is 0 Å². The van der Waals surface area contributed by atoms with Crippen molar-refractivity contribution in [2.24, 2.45) is 11.6 Å². The molecule has 41 valence electrons. The van der Waals surface area contributed by atoms with Gasteiger partial charge in [-0.25, -0.2) is 5.84 Å². The summed E-state index contributed by atoms with van der Waals surface area (Å²) in [7, 11) is 0. The number of nitrogens with one attached hydrogen (secondary N) is 1. The quantitative estimate of drug-likeness (QED) is 0.176. The minimum atomic E-state index is 0. The Morgan fingerprint density at radius 3 is 1.83 bits per heavy atom. The Morgan fingerprint density at radius 2 is 1.83 bits per heavy atom. The van der Waals surface area contributed by atoms with Gasteiger partial charge in [-0.2, -0.15) is 0 Å². The van der Waals surface area contributed by atoms with Crippen LogP contribution >= 0.6 is 12.2 Å². The second-order valence-corrected chi connectivity index (χ2v) is 0.948. The molecule has 5 heteroatoms. The molecule has 5 N–H and O–H groups in total. The molecule has 0 aliphatic rings. The molecule has 3 nitrogen and oxygen atoms in total. The molecule has 0 aromatic carbocycles. The third-order valence-corrected chi connectivity index (χ3v) is 0.260. The number of nitrogens with two attached hydrogens (primary N) is 2. The first-order valence-corrected chi connectivity index (χ1v) is 1.44. The van der Waals surface area contributed by atoms with Gasteiger partial charge in [-0.05, 0) is 12.2 Å². The van der Waals surface area contributed by atoms with Gasteiger partial charge in [0.05, 0.1) is 0 Å². The van der Waals surface area contributed by atoms with Crippen LogP contribution in [0.4, 0.5) is 0 Å². The molecule has 0 unspecified atom stereocenters. The van der Waals surface area contributed by atoms with E-state index in [1.54, 1.807) is 0 Å². The smallest absolute Gasteiger partial charge is 0.177 e. The summed E-state index contributed by atoms with van der Waals surface area (Å²) in [6.45, 7) is 0. The molecule has 0 atom stereocenters. The first-order valence-electron chi connectivity index (χ1n) is 1.03. The van der Waals surface area contributed by atoms with Crippen LogP contribution in [0.15, 0.2) is 0 Å². The Balaban J connectivity index is 0. The van der Waals surface area contributed by atoms with Crippen LogP contribution in [-0.2, 0) is 17.1 Å². The second kappa shape index (κ2) is 5.17. The van der Waals surface area contributed by atoms with E-state index in [0.29, 0.717) is 0 Å². The Hall–Kier alpha value is 0.169. The molecule has 0 saturated heterocycles. The summed E-state index contributed by atoms with van der Waals surface area (Å²) in [5, 5.41) is 0.116. The maximum absolute atomic E-state index is 4.79. The fraction of sp³-hybridized carbons (Fsp3) is 0. The summed E-state index contributed by atoms with van der Waals surface area (Å²) < 4.78 is 0. The molecule has 1 radical (unpaired) electrons. The molecule has 0 saturated carbocycles. The molecule has 6 heavy (non-hydrogen) atoms. The van der Waals surface area contributed by atoms with Gasteiger partial charge in [-0.3, -0.25) is 0 Å². The van der Waals surface area contributed by atoms with Crippen molar-refractivity contribution < 1.29 is 17.1 Å². The van der Waals surface area contributed by atoms with Crippen LogP contribution in [0.25, 0.3) is 0 Å². The Morgan fingerprint density at radius 1 is 1.67 bits per heavy atom. The molecular weight excluding hydrogens is 150 g/mol. The molecule has 0 heterocycles. The third kappa shape index (κ3) is 8.90. The van der Waals surface area contributed by atoms with E-state index >= 15 is 0 Å². The van der Waals surface area contributed by atoms with Crippen molar-refractivity contribution in [3.8, 4) is 0 Å². The summed E-state index contributed by atoms with van der Waals surface area (Å²) in [6, 6.07) is 0. The fourth-order valence-electron chi connectivity index (χ4n) is 0. The molecule has 0 amide bonds. The largest absolute Gasteiger partial charge is 0.375 e. The van der Waals surface area contributed by atoms with Crippen LogP contribution < -0.4 is 17.0 Å². The summed E-state index contributed by atoms with van der Waals surface area (Å²) in [5.74, 6) is 4.66. The van der Waals surface area contributed by atoms with E-state index in [-0.39, 0.29) is 22.2 Å². The van der Waals surface area contributed by atoms with Gasteiger partial charge in [0.25, 0.3) is 0 Å². The molecule has 0 bridgehead atoms. The molecular formula is CH5CuN3S. The van der Waals surface area contributed by atoms with Gasteiger partial charge in [-0.15, -0.1) is 0 Å². The van der Waals surface area contributed by atoms with Crippen molar-refractivity contribution in [1.82, 2.24) is 5.43 Å². The summed E-state index contributed by atoms with van der Waals surface area (Å²) in [4.78, 5) is 0. The molecule has 0 rings (SSSR count). The number of hydrazine groups is 1. The standard InChI is InChI=1S/CH5N3S.Cu/c2-1(5)4-3;/h3H2,(H3,2,4,5);. The molecule has 0 aromatic heterocycles. The molecule has 0 aliphatic carbocycles. The van der Waals surface area contributed by atoms with Crippen molar-refractivity contribution in [3.63, 3.8) is 0 Å². The van der Waals surface area contributed by atoms with Crippen molar-refractivity contribution >= 4 is 17.3 Å². The van der Waals surface area contributed by atoms with Gasteiger partial charge in [0.1, 0.15) is 0 Å². The van der Waals surface area contributed by atoms with Crippen molar-refractivity contribution in [3.05, 3.63) is 0 Å². The van der Waals surface area contributed by atoms with Crippen molar-refractivity contribution in [2.45, 2.75) is 0 Å². The van der Waals surface area contributed by atoms with E-state index in [4.69, 9.17) is 5.73 Å². The van der Waals surface area contributed by atoms with Crippen LogP contribution in [-0.4, -0.2) is 5.11 Å². The topological polar surface area (TPSA) is 64.1 Å².